The van der Waals surface area contributed by atoms with E-state index in [0.717, 1.165) is 54.6 Å². The second-order valence-corrected chi connectivity index (χ2v) is 18.4. The van der Waals surface area contributed by atoms with Crippen LogP contribution in [0.4, 0.5) is 14.4 Å². The van der Waals surface area contributed by atoms with Crippen molar-refractivity contribution in [3.05, 3.63) is 79.9 Å². The highest BCUT2D eigenvalue weighted by atomic mass is 35.5. The second-order valence-electron chi connectivity index (χ2n) is 11.9. The molecule has 0 saturated carbocycles. The van der Waals surface area contributed by atoms with Crippen molar-refractivity contribution in [2.24, 2.45) is 0 Å². The first-order chi connectivity index (χ1) is 18.6. The van der Waals surface area contributed by atoms with Gasteiger partial charge in [-0.25, -0.2) is 4.20 Å². The normalized spacial score (nSPS) is 18.3. The Morgan fingerprint density at radius 3 is 1.70 bits per heavy atom. The van der Waals surface area contributed by atoms with Gasteiger partial charge >= 0.3 is 6.08 Å². The number of aryl methyl sites for hydroxylation is 6. The Balaban J connectivity index is 2.26. The summed E-state index contributed by atoms with van der Waals surface area (Å²) in [5.74, 6) is 0.371. The smallest absolute Gasteiger partial charge is 0.314 e. The molecule has 2 aromatic carbocycles. The van der Waals surface area contributed by atoms with Gasteiger partial charge in [-0.3, -0.25) is 0 Å². The van der Waals surface area contributed by atoms with Crippen LogP contribution in [-0.4, -0.2) is 38.3 Å². The maximum absolute atomic E-state index is 18.5. The lowest BCUT2D eigenvalue weighted by molar-refractivity contribution is 0.540. The van der Waals surface area contributed by atoms with Gasteiger partial charge in [0, 0.05) is 29.4 Å². The largest absolute Gasteiger partial charge is 0.356 e. The SMILES string of the molecule is CCN(CC)c1nc(F)nc([P+]2=C(c3c(C)cc(C)cc3C)P(F)(C(C)(C)C)=C2c2c(C)cc(C)cc2C)c1Cl. The molecule has 2 unspecified atom stereocenters. The van der Waals surface area contributed by atoms with E-state index in [2.05, 4.69) is 48.1 Å². The van der Waals surface area contributed by atoms with Crippen LogP contribution >= 0.6 is 26.3 Å². The van der Waals surface area contributed by atoms with Crippen molar-refractivity contribution in [1.82, 2.24) is 9.97 Å². The maximum atomic E-state index is 18.5. The molecule has 3 nitrogen and oxygen atoms in total. The summed E-state index contributed by atoms with van der Waals surface area (Å²) >= 11 is 7.11. The summed E-state index contributed by atoms with van der Waals surface area (Å²) < 4.78 is 33.7. The van der Waals surface area contributed by atoms with E-state index in [-0.39, 0.29) is 0 Å². The molecule has 0 fully saturated rings. The molecule has 0 N–H and O–H groups in total. The van der Waals surface area contributed by atoms with Gasteiger partial charge in [0.25, 0.3) is 5.44 Å². The highest BCUT2D eigenvalue weighted by Crippen LogP contribution is 2.78. The lowest BCUT2D eigenvalue weighted by Gasteiger charge is -2.38. The Bertz CT molecular complexity index is 1570. The van der Waals surface area contributed by atoms with Crippen LogP contribution < -0.4 is 10.3 Å². The minimum Gasteiger partial charge on any atom is -0.356 e. The Morgan fingerprint density at radius 2 is 1.27 bits per heavy atom. The predicted octanol–water partition coefficient (Wildman–Crippen LogP) is 9.14. The van der Waals surface area contributed by atoms with Crippen molar-refractivity contribution < 1.29 is 8.59 Å². The third kappa shape index (κ3) is 4.87. The molecule has 1 aliphatic rings. The predicted molar refractivity (Wildman–Crippen MR) is 174 cm³/mol. The van der Waals surface area contributed by atoms with Crippen LogP contribution in [0.5, 0.6) is 0 Å². The molecule has 0 radical (unpaired) electrons. The first-order valence-electron chi connectivity index (χ1n) is 13.9. The van der Waals surface area contributed by atoms with Gasteiger partial charge in [0.05, 0.1) is 0 Å². The molecule has 1 aliphatic heterocycles. The molecular weight excluding hydrogens is 562 g/mol. The zero-order valence-corrected chi connectivity index (χ0v) is 28.1. The Kier molecular flexibility index (Phi) is 8.47. The minimum atomic E-state index is -3.43. The van der Waals surface area contributed by atoms with Crippen LogP contribution in [-0.2, 0) is 0 Å². The molecule has 8 heteroatoms. The van der Waals surface area contributed by atoms with Crippen LogP contribution in [0.3, 0.4) is 0 Å². The van der Waals surface area contributed by atoms with Gasteiger partial charge < -0.3 is 4.90 Å². The Hall–Kier alpha value is -2.06. The zero-order valence-electron chi connectivity index (χ0n) is 25.6. The number of benzene rings is 2. The van der Waals surface area contributed by atoms with Crippen molar-refractivity contribution in [3.8, 4) is 0 Å². The number of aromatic nitrogens is 2. The first kappa shape index (κ1) is 30.9. The van der Waals surface area contributed by atoms with E-state index in [1.54, 1.807) is 0 Å². The van der Waals surface area contributed by atoms with Gasteiger partial charge in [-0.15, -0.1) is 0 Å². The number of halogens is 3. The maximum Gasteiger partial charge on any atom is 0.314 e. The number of hydrogen-bond donors (Lipinski definition) is 0. The number of hydrogen-bond acceptors (Lipinski definition) is 3. The molecule has 2 atom stereocenters. The van der Waals surface area contributed by atoms with Crippen LogP contribution in [0.15, 0.2) is 24.3 Å². The molecule has 1 aromatic heterocycles. The highest BCUT2D eigenvalue weighted by Gasteiger charge is 2.62. The summed E-state index contributed by atoms with van der Waals surface area (Å²) in [5.41, 5.74) is 8.65. The van der Waals surface area contributed by atoms with E-state index in [1.807, 2.05) is 67.2 Å². The third-order valence-corrected chi connectivity index (χ3v) is 16.6. The summed E-state index contributed by atoms with van der Waals surface area (Å²) in [6, 6.07) is 8.44. The van der Waals surface area contributed by atoms with Gasteiger partial charge in [-0.05, 0) is 77.6 Å². The van der Waals surface area contributed by atoms with Crippen molar-refractivity contribution in [1.29, 1.82) is 0 Å². The number of nitrogens with zero attached hydrogens (tertiary/aromatic N) is 3. The van der Waals surface area contributed by atoms with Gasteiger partial charge in [0.1, 0.15) is 0 Å². The Morgan fingerprint density at radius 1 is 0.825 bits per heavy atom. The fourth-order valence-corrected chi connectivity index (χ4v) is 16.7. The monoisotopic (exact) mass is 602 g/mol. The summed E-state index contributed by atoms with van der Waals surface area (Å²) in [6.45, 7) is 23.5. The van der Waals surface area contributed by atoms with Crippen LogP contribution in [0, 0.1) is 47.6 Å². The minimum absolute atomic E-state index is 0.316. The molecule has 0 aliphatic carbocycles. The van der Waals surface area contributed by atoms with E-state index in [0.29, 0.717) is 29.4 Å². The van der Waals surface area contributed by atoms with E-state index >= 15 is 8.59 Å². The zero-order chi connectivity index (χ0) is 29.9. The molecule has 0 saturated heterocycles. The topological polar surface area (TPSA) is 29.0 Å². The fourth-order valence-electron chi connectivity index (χ4n) is 6.14. The number of rotatable bonds is 6. The average Bonchev–Trinajstić information content (AvgIpc) is 2.82. The second kappa shape index (κ2) is 11.0. The summed E-state index contributed by atoms with van der Waals surface area (Å²) in [5, 5.41) is 1.18. The Labute approximate surface area is 244 Å². The first-order valence-corrected chi connectivity index (χ1v) is 17.3. The van der Waals surface area contributed by atoms with Crippen molar-refractivity contribution in [2.45, 2.75) is 81.3 Å². The molecule has 0 spiro atoms. The van der Waals surface area contributed by atoms with Gasteiger partial charge in [-0.2, -0.15) is 14.4 Å². The quantitative estimate of drug-likeness (QED) is 0.208. The molecule has 0 bridgehead atoms. The average molecular weight is 603 g/mol. The molecule has 214 valence electrons. The molecule has 4 rings (SSSR count). The van der Waals surface area contributed by atoms with Crippen molar-refractivity contribution in [2.75, 3.05) is 18.0 Å². The third-order valence-electron chi connectivity index (χ3n) is 7.80. The van der Waals surface area contributed by atoms with Gasteiger partial charge in [0.2, 0.25) is 7.55 Å². The van der Waals surface area contributed by atoms with Crippen LogP contribution in [0.1, 0.15) is 79.1 Å². The van der Waals surface area contributed by atoms with Crippen molar-refractivity contribution >= 4 is 47.7 Å². The van der Waals surface area contributed by atoms with E-state index in [4.69, 9.17) is 11.6 Å². The van der Waals surface area contributed by atoms with Crippen LogP contribution in [0.2, 0.25) is 5.02 Å². The highest BCUT2D eigenvalue weighted by molar-refractivity contribution is 8.21. The molecule has 3 aromatic rings. The molecular formula is C32H41ClF2N3P2+. The lowest BCUT2D eigenvalue weighted by atomic mass is 10.0. The van der Waals surface area contributed by atoms with Gasteiger partial charge in [0.15, 0.2) is 28.1 Å². The van der Waals surface area contributed by atoms with Gasteiger partial charge in [-0.1, -0.05) is 67.8 Å². The molecule has 40 heavy (non-hydrogen) atoms. The van der Waals surface area contributed by atoms with Crippen molar-refractivity contribution in [3.63, 3.8) is 0 Å². The van der Waals surface area contributed by atoms with E-state index in [9.17, 15) is 0 Å². The lowest BCUT2D eigenvalue weighted by Crippen LogP contribution is -2.35. The summed E-state index contributed by atoms with van der Waals surface area (Å²) in [4.78, 5) is 10.4. The standard InChI is InChI=1S/C32H41ClF2N3P2/c1-12-38(13-2)27-26(33)28(37-31(34)36-27)39-29(24-20(5)14-18(3)15-21(24)6)40(35,32(9,10)11)30(39)25-22(7)16-19(4)17-23(25)8/h14-17H,12-13H2,1-11H3/q+1. The van der Waals surface area contributed by atoms with E-state index in [1.165, 1.54) is 0 Å². The summed E-state index contributed by atoms with van der Waals surface area (Å²) in [7, 11) is -4.97. The number of anilines is 1. The fraction of sp³-hybridized carbons (Fsp3) is 0.438. The van der Waals surface area contributed by atoms with Crippen LogP contribution in [0.25, 0.3) is 0 Å². The molecule has 2 heterocycles. The van der Waals surface area contributed by atoms with E-state index < -0.39 is 26.0 Å². The molecule has 0 amide bonds. The summed E-state index contributed by atoms with van der Waals surface area (Å²) in [6.07, 6.45) is -0.831.